The van der Waals surface area contributed by atoms with Crippen molar-refractivity contribution in [2.24, 2.45) is 0 Å². The highest BCUT2D eigenvalue weighted by Crippen LogP contribution is 2.09. The van der Waals surface area contributed by atoms with Gasteiger partial charge >= 0.3 is 0 Å². The van der Waals surface area contributed by atoms with Crippen LogP contribution in [-0.2, 0) is 11.4 Å². The SMILES string of the molecule is CNCCC(=O)Nc1ccc(CO)cc1. The van der Waals surface area contributed by atoms with Crippen LogP contribution in [-0.4, -0.2) is 24.6 Å². The fraction of sp³-hybridized carbons (Fsp3) is 0.364. The van der Waals surface area contributed by atoms with Crippen LogP contribution in [0.1, 0.15) is 12.0 Å². The number of anilines is 1. The molecule has 15 heavy (non-hydrogen) atoms. The molecule has 1 rings (SSSR count). The molecule has 82 valence electrons. The molecule has 0 unspecified atom stereocenters. The number of amides is 1. The predicted molar refractivity (Wildman–Crippen MR) is 59.5 cm³/mol. The maximum atomic E-state index is 11.3. The molecule has 0 fully saturated rings. The Bertz CT molecular complexity index is 309. The molecule has 0 atom stereocenters. The molecule has 0 saturated carbocycles. The van der Waals surface area contributed by atoms with Gasteiger partial charge in [-0.1, -0.05) is 12.1 Å². The van der Waals surface area contributed by atoms with Gasteiger partial charge in [-0.2, -0.15) is 0 Å². The summed E-state index contributed by atoms with van der Waals surface area (Å²) in [6, 6.07) is 7.13. The zero-order valence-electron chi connectivity index (χ0n) is 8.79. The summed E-state index contributed by atoms with van der Waals surface area (Å²) in [6.45, 7) is 0.689. The minimum atomic E-state index is -0.0129. The number of rotatable bonds is 5. The first-order chi connectivity index (χ1) is 7.26. The van der Waals surface area contributed by atoms with E-state index in [0.29, 0.717) is 13.0 Å². The maximum Gasteiger partial charge on any atom is 0.225 e. The zero-order valence-corrected chi connectivity index (χ0v) is 8.79. The Morgan fingerprint density at radius 1 is 1.33 bits per heavy atom. The molecule has 4 nitrogen and oxygen atoms in total. The van der Waals surface area contributed by atoms with Gasteiger partial charge in [0.15, 0.2) is 0 Å². The van der Waals surface area contributed by atoms with Crippen LogP contribution in [0.15, 0.2) is 24.3 Å². The van der Waals surface area contributed by atoms with Gasteiger partial charge in [-0.25, -0.2) is 0 Å². The number of carbonyl (C=O) groups excluding carboxylic acids is 1. The number of nitrogens with one attached hydrogen (secondary N) is 2. The first kappa shape index (κ1) is 11.7. The minimum Gasteiger partial charge on any atom is -0.392 e. The summed E-state index contributed by atoms with van der Waals surface area (Å²) < 4.78 is 0. The topological polar surface area (TPSA) is 61.4 Å². The number of aliphatic hydroxyl groups is 1. The van der Waals surface area contributed by atoms with Crippen molar-refractivity contribution in [3.8, 4) is 0 Å². The van der Waals surface area contributed by atoms with Crippen molar-refractivity contribution < 1.29 is 9.90 Å². The van der Waals surface area contributed by atoms with Crippen LogP contribution in [0.4, 0.5) is 5.69 Å². The van der Waals surface area contributed by atoms with Crippen molar-refractivity contribution in [3.63, 3.8) is 0 Å². The molecule has 1 aromatic carbocycles. The van der Waals surface area contributed by atoms with Gasteiger partial charge in [-0.3, -0.25) is 4.79 Å². The molecule has 3 N–H and O–H groups in total. The van der Waals surface area contributed by atoms with Crippen molar-refractivity contribution >= 4 is 11.6 Å². The Morgan fingerprint density at radius 3 is 2.53 bits per heavy atom. The summed E-state index contributed by atoms with van der Waals surface area (Å²) in [5.41, 5.74) is 1.59. The standard InChI is InChI=1S/C11H16N2O2/c1-12-7-6-11(15)13-10-4-2-9(8-14)3-5-10/h2-5,12,14H,6-8H2,1H3,(H,13,15). The summed E-state index contributed by atoms with van der Waals surface area (Å²) in [5, 5.41) is 14.5. The average molecular weight is 208 g/mol. The summed E-state index contributed by atoms with van der Waals surface area (Å²) in [5.74, 6) is -0.0129. The van der Waals surface area contributed by atoms with Crippen LogP contribution in [0.5, 0.6) is 0 Å². The van der Waals surface area contributed by atoms with Gasteiger partial charge in [0.2, 0.25) is 5.91 Å². The van der Waals surface area contributed by atoms with Gasteiger partial charge in [0.05, 0.1) is 6.61 Å². The first-order valence-corrected chi connectivity index (χ1v) is 4.90. The third-order valence-corrected chi connectivity index (χ3v) is 2.02. The second-order valence-corrected chi connectivity index (χ2v) is 3.26. The zero-order chi connectivity index (χ0) is 11.1. The van der Waals surface area contributed by atoms with Crippen LogP contribution < -0.4 is 10.6 Å². The Labute approximate surface area is 89.3 Å². The van der Waals surface area contributed by atoms with E-state index in [2.05, 4.69) is 10.6 Å². The maximum absolute atomic E-state index is 11.3. The third-order valence-electron chi connectivity index (χ3n) is 2.02. The molecule has 0 spiro atoms. The predicted octanol–water partition coefficient (Wildman–Crippen LogP) is 0.727. The number of hydrogen-bond acceptors (Lipinski definition) is 3. The summed E-state index contributed by atoms with van der Waals surface area (Å²) in [6.07, 6.45) is 0.457. The van der Waals surface area contributed by atoms with Crippen molar-refractivity contribution in [2.45, 2.75) is 13.0 Å². The van der Waals surface area contributed by atoms with E-state index >= 15 is 0 Å². The van der Waals surface area contributed by atoms with Gasteiger partial charge in [0, 0.05) is 18.7 Å². The van der Waals surface area contributed by atoms with Crippen LogP contribution >= 0.6 is 0 Å². The quantitative estimate of drug-likeness (QED) is 0.668. The van der Waals surface area contributed by atoms with Crippen molar-refractivity contribution in [2.75, 3.05) is 18.9 Å². The van der Waals surface area contributed by atoms with Crippen molar-refractivity contribution in [1.29, 1.82) is 0 Å². The van der Waals surface area contributed by atoms with Crippen LogP contribution in [0.3, 0.4) is 0 Å². The summed E-state index contributed by atoms with van der Waals surface area (Å²) >= 11 is 0. The molecule has 0 aliphatic heterocycles. The highest BCUT2D eigenvalue weighted by molar-refractivity contribution is 5.90. The Balaban J connectivity index is 2.46. The molecule has 0 bridgehead atoms. The lowest BCUT2D eigenvalue weighted by atomic mass is 10.2. The van der Waals surface area contributed by atoms with E-state index in [1.54, 1.807) is 24.3 Å². The van der Waals surface area contributed by atoms with E-state index in [1.165, 1.54) is 0 Å². The minimum absolute atomic E-state index is 0.0129. The Hall–Kier alpha value is -1.39. The third kappa shape index (κ3) is 4.10. The molecule has 0 aliphatic rings. The normalized spacial score (nSPS) is 10.0. The van der Waals surface area contributed by atoms with Crippen molar-refractivity contribution in [1.82, 2.24) is 5.32 Å². The molecule has 0 aromatic heterocycles. The van der Waals surface area contributed by atoms with Gasteiger partial charge in [0.1, 0.15) is 0 Å². The van der Waals surface area contributed by atoms with Crippen LogP contribution in [0, 0.1) is 0 Å². The Morgan fingerprint density at radius 2 is 2.00 bits per heavy atom. The highest BCUT2D eigenvalue weighted by atomic mass is 16.3. The molecule has 0 saturated heterocycles. The summed E-state index contributed by atoms with van der Waals surface area (Å²) in [4.78, 5) is 11.3. The van der Waals surface area contributed by atoms with Gasteiger partial charge in [0.25, 0.3) is 0 Å². The molecule has 1 aromatic rings. The summed E-state index contributed by atoms with van der Waals surface area (Å²) in [7, 11) is 1.81. The van der Waals surface area contributed by atoms with Crippen molar-refractivity contribution in [3.05, 3.63) is 29.8 Å². The monoisotopic (exact) mass is 208 g/mol. The van der Waals surface area contributed by atoms with Gasteiger partial charge in [-0.15, -0.1) is 0 Å². The largest absolute Gasteiger partial charge is 0.392 e. The molecule has 0 heterocycles. The lowest BCUT2D eigenvalue weighted by Crippen LogP contribution is -2.18. The van der Waals surface area contributed by atoms with E-state index in [1.807, 2.05) is 7.05 Å². The van der Waals surface area contributed by atoms with Gasteiger partial charge < -0.3 is 15.7 Å². The Kier molecular flexibility index (Phi) is 4.80. The van der Waals surface area contributed by atoms with E-state index in [4.69, 9.17) is 5.11 Å². The van der Waals surface area contributed by atoms with E-state index in [0.717, 1.165) is 11.3 Å². The molecule has 4 heteroatoms. The second-order valence-electron chi connectivity index (χ2n) is 3.26. The van der Waals surface area contributed by atoms with Crippen LogP contribution in [0.25, 0.3) is 0 Å². The van der Waals surface area contributed by atoms with Crippen LogP contribution in [0.2, 0.25) is 0 Å². The smallest absolute Gasteiger partial charge is 0.225 e. The molecular weight excluding hydrogens is 192 g/mol. The van der Waals surface area contributed by atoms with E-state index < -0.39 is 0 Å². The number of carbonyl (C=O) groups is 1. The second kappa shape index (κ2) is 6.16. The number of benzene rings is 1. The molecule has 0 radical (unpaired) electrons. The number of aliphatic hydroxyl groups excluding tert-OH is 1. The average Bonchev–Trinajstić information content (AvgIpc) is 2.27. The lowest BCUT2D eigenvalue weighted by molar-refractivity contribution is -0.116. The first-order valence-electron chi connectivity index (χ1n) is 4.90. The number of hydrogen-bond donors (Lipinski definition) is 3. The molecule has 0 aliphatic carbocycles. The molecular formula is C11H16N2O2. The van der Waals surface area contributed by atoms with E-state index in [9.17, 15) is 4.79 Å². The van der Waals surface area contributed by atoms with E-state index in [-0.39, 0.29) is 12.5 Å². The lowest BCUT2D eigenvalue weighted by Gasteiger charge is -2.05. The highest BCUT2D eigenvalue weighted by Gasteiger charge is 2.00. The fourth-order valence-electron chi connectivity index (χ4n) is 1.16. The van der Waals surface area contributed by atoms with Gasteiger partial charge in [-0.05, 0) is 24.7 Å². The fourth-order valence-corrected chi connectivity index (χ4v) is 1.16. The molecule has 1 amide bonds.